The van der Waals surface area contributed by atoms with Crippen molar-refractivity contribution in [2.45, 2.75) is 150 Å². The van der Waals surface area contributed by atoms with Crippen molar-refractivity contribution >= 4 is 44.6 Å². The topological polar surface area (TPSA) is 83.5 Å². The van der Waals surface area contributed by atoms with Gasteiger partial charge in [-0.05, 0) is 131 Å². The molecule has 0 N–H and O–H groups in total. The van der Waals surface area contributed by atoms with Crippen molar-refractivity contribution in [1.82, 2.24) is 4.67 Å². The van der Waals surface area contributed by atoms with E-state index in [1.165, 1.54) is 22.3 Å². The molecule has 338 valence electrons. The van der Waals surface area contributed by atoms with Crippen LogP contribution in [0.4, 0.5) is 0 Å². The number of amides is 1. The molecule has 10 heteroatoms. The van der Waals surface area contributed by atoms with E-state index < -0.39 is 27.7 Å². The van der Waals surface area contributed by atoms with Crippen molar-refractivity contribution in [3.8, 4) is 28.7 Å². The Labute approximate surface area is 382 Å². The minimum absolute atomic E-state index is 0.133. The number of carbonyl (C=O) groups is 1. The average Bonchev–Trinajstić information content (AvgIpc) is 3.42. The fourth-order valence-electron chi connectivity index (χ4n) is 8.91. The van der Waals surface area contributed by atoms with E-state index in [-0.39, 0.29) is 5.91 Å². The van der Waals surface area contributed by atoms with Gasteiger partial charge in [0.2, 0.25) is 0 Å². The molecule has 0 radical (unpaired) electrons. The predicted molar refractivity (Wildman–Crippen MR) is 262 cm³/mol. The summed E-state index contributed by atoms with van der Waals surface area (Å²) in [4.78, 5) is 14.0. The van der Waals surface area contributed by atoms with Crippen LogP contribution in [0.5, 0.6) is 28.7 Å². The van der Waals surface area contributed by atoms with E-state index >= 15 is 0 Å². The van der Waals surface area contributed by atoms with Gasteiger partial charge in [-0.25, -0.2) is 4.67 Å². The summed E-state index contributed by atoms with van der Waals surface area (Å²) in [6.07, 6.45) is 12.6. The molecule has 0 spiro atoms. The number of unbranched alkanes of at least 4 members (excludes halogenated alkanes) is 4. The molecule has 1 amide bonds. The summed E-state index contributed by atoms with van der Waals surface area (Å²) in [5, 5.41) is 2.19. The average molecular weight is 902 g/mol. The molecular weight excluding hydrogens is 837 g/mol. The van der Waals surface area contributed by atoms with E-state index in [0.717, 1.165) is 110 Å². The lowest BCUT2D eigenvalue weighted by molar-refractivity contribution is 0.0730. The summed E-state index contributed by atoms with van der Waals surface area (Å²) in [5.41, 5.74) is 8.12. The minimum atomic E-state index is -2.01. The van der Waals surface area contributed by atoms with Gasteiger partial charge < -0.3 is 26.7 Å². The van der Waals surface area contributed by atoms with Crippen molar-refractivity contribution in [1.29, 1.82) is 0 Å². The Morgan fingerprint density at radius 2 is 1.12 bits per heavy atom. The number of ether oxygens (including phenoxy) is 1. The van der Waals surface area contributed by atoms with Gasteiger partial charge in [0.25, 0.3) is 5.91 Å². The molecule has 0 fully saturated rings. The van der Waals surface area contributed by atoms with Gasteiger partial charge in [-0.3, -0.25) is 4.79 Å². The zero-order valence-electron chi connectivity index (χ0n) is 39.3. The predicted octanol–water partition coefficient (Wildman–Crippen LogP) is 16.9. The maximum Gasteiger partial charge on any atom is 0.453 e. The number of nitrogens with zero attached hydrogens (tertiary/aromatic N) is 1. The number of hydrogen-bond acceptors (Lipinski definition) is 7. The molecule has 1 atom stereocenters. The highest BCUT2D eigenvalue weighted by Crippen LogP contribution is 2.59. The quantitative estimate of drug-likeness (QED) is 0.0895. The van der Waals surface area contributed by atoms with Crippen LogP contribution in [0.2, 0.25) is 0 Å². The van der Waals surface area contributed by atoms with E-state index in [1.807, 2.05) is 63.2 Å². The Balaban J connectivity index is 1.27. The molecular formula is C54H65NO7P2. The molecule has 0 saturated carbocycles. The van der Waals surface area contributed by atoms with E-state index in [9.17, 15) is 4.79 Å². The van der Waals surface area contributed by atoms with Crippen molar-refractivity contribution in [2.24, 2.45) is 0 Å². The highest BCUT2D eigenvalue weighted by atomic mass is 31.2. The Morgan fingerprint density at radius 3 is 1.64 bits per heavy atom. The minimum Gasteiger partial charge on any atom is -0.449 e. The van der Waals surface area contributed by atoms with Gasteiger partial charge in [0.1, 0.15) is 16.9 Å². The van der Waals surface area contributed by atoms with Gasteiger partial charge in [0.05, 0.1) is 5.56 Å². The molecule has 1 unspecified atom stereocenters. The number of para-hydroxylation sites is 3. The van der Waals surface area contributed by atoms with Gasteiger partial charge in [-0.2, -0.15) is 0 Å². The van der Waals surface area contributed by atoms with E-state index in [1.54, 1.807) is 10.7 Å². The third-order valence-corrected chi connectivity index (χ3v) is 15.3. The summed E-state index contributed by atoms with van der Waals surface area (Å²) < 4.78 is 43.3. The van der Waals surface area contributed by atoms with Crippen LogP contribution in [-0.2, 0) is 31.1 Å². The second kappa shape index (κ2) is 19.3. The van der Waals surface area contributed by atoms with Crippen molar-refractivity contribution in [3.63, 3.8) is 0 Å². The lowest BCUT2D eigenvalue weighted by Gasteiger charge is -2.42. The van der Waals surface area contributed by atoms with Crippen LogP contribution < -0.4 is 18.3 Å². The molecule has 1 aromatic heterocycles. The molecule has 3 heterocycles. The lowest BCUT2D eigenvalue weighted by atomic mass is 9.75. The highest BCUT2D eigenvalue weighted by Gasteiger charge is 2.45. The van der Waals surface area contributed by atoms with Crippen LogP contribution in [0.1, 0.15) is 157 Å². The number of aryl methyl sites for hydroxylation is 4. The Kier molecular flexibility index (Phi) is 13.8. The molecule has 64 heavy (non-hydrogen) atoms. The molecule has 0 saturated heterocycles. The van der Waals surface area contributed by atoms with Gasteiger partial charge in [-0.1, -0.05) is 116 Å². The molecule has 0 aliphatic carbocycles. The first-order chi connectivity index (χ1) is 30.9. The summed E-state index contributed by atoms with van der Waals surface area (Å²) in [6, 6.07) is 28.8. The largest absolute Gasteiger partial charge is 0.453 e. The van der Waals surface area contributed by atoms with Crippen LogP contribution in [-0.4, -0.2) is 16.1 Å². The number of carbonyl (C=O) groups excluding carboxylic acids is 1. The summed E-state index contributed by atoms with van der Waals surface area (Å²) in [5.74, 6) is 2.50. The van der Waals surface area contributed by atoms with Gasteiger partial charge in [0, 0.05) is 32.9 Å². The number of hydrogen-bond donors (Lipinski definition) is 0. The first-order valence-electron chi connectivity index (χ1n) is 23.6. The number of benzene rings is 5. The van der Waals surface area contributed by atoms with Crippen LogP contribution in [0, 0.1) is 0 Å². The standard InChI is InChI=1S/C54H65NO7P2/c1-10-14-22-36-32-38(24-16-12-3)48-41(34-36)42-35-37(23-15-11-2)33-39(25-17-13-4)49(42)62-64(61-48)60-47-31-21-28-44-51(47)57-50-43(54(44,8)9)27-20-30-46(50)59-63-55(53(5,6)7)52(56)40-26-18-19-29-45(40)58-63/h18-21,26-35H,10-17,22-25H2,1-9H3. The molecule has 8 rings (SSSR count). The molecule has 5 aromatic carbocycles. The second-order valence-corrected chi connectivity index (χ2v) is 21.1. The zero-order valence-corrected chi connectivity index (χ0v) is 41.1. The molecule has 2 aliphatic rings. The third kappa shape index (κ3) is 9.16. The van der Waals surface area contributed by atoms with Crippen LogP contribution in [0.3, 0.4) is 0 Å². The zero-order chi connectivity index (χ0) is 45.2. The molecule has 2 aliphatic heterocycles. The van der Waals surface area contributed by atoms with Crippen molar-refractivity contribution in [3.05, 3.63) is 124 Å². The van der Waals surface area contributed by atoms with Crippen LogP contribution in [0.25, 0.3) is 21.9 Å². The van der Waals surface area contributed by atoms with Crippen molar-refractivity contribution < 1.29 is 31.5 Å². The Bertz CT molecular complexity index is 2610. The molecule has 8 nitrogen and oxygen atoms in total. The first kappa shape index (κ1) is 45.7. The Hall–Kier alpha value is -4.90. The second-order valence-electron chi connectivity index (χ2n) is 18.9. The summed E-state index contributed by atoms with van der Waals surface area (Å²) >= 11 is 0. The number of fused-ring (bicyclic) bond motifs is 6. The third-order valence-electron chi connectivity index (χ3n) is 12.5. The monoisotopic (exact) mass is 901 g/mol. The van der Waals surface area contributed by atoms with Gasteiger partial charge >= 0.3 is 16.8 Å². The van der Waals surface area contributed by atoms with Crippen molar-refractivity contribution in [2.75, 3.05) is 0 Å². The smallest absolute Gasteiger partial charge is 0.449 e. The number of rotatable bonds is 16. The van der Waals surface area contributed by atoms with E-state index in [4.69, 9.17) is 26.7 Å². The summed E-state index contributed by atoms with van der Waals surface area (Å²) in [6.45, 7) is 19.4. The summed E-state index contributed by atoms with van der Waals surface area (Å²) in [7, 11) is -3.91. The van der Waals surface area contributed by atoms with Gasteiger partial charge in [0.15, 0.2) is 23.0 Å². The van der Waals surface area contributed by atoms with E-state index in [0.29, 0.717) is 34.3 Å². The maximum absolute atomic E-state index is 14.0. The fourth-order valence-corrected chi connectivity index (χ4v) is 11.6. The van der Waals surface area contributed by atoms with Crippen LogP contribution >= 0.6 is 16.8 Å². The van der Waals surface area contributed by atoms with Crippen LogP contribution in [0.15, 0.2) is 93.3 Å². The maximum atomic E-state index is 14.0. The SMILES string of the molecule is CCCCc1cc(CCCC)c2op(Oc3cccc4c3Oc3c(OP5Oc6ccccc6C(=O)N5C(C)(C)C)cccc3C4(C)C)oc3c(CCCC)cc(CCCC)cc3c2c1. The molecule has 6 aromatic rings. The fraction of sp³-hybridized carbons (Fsp3) is 0.426. The normalized spacial score (nSPS) is 15.3. The van der Waals surface area contributed by atoms with Gasteiger partial charge in [-0.15, -0.1) is 0 Å². The Morgan fingerprint density at radius 1 is 0.625 bits per heavy atom. The highest BCUT2D eigenvalue weighted by molar-refractivity contribution is 7.46. The lowest BCUT2D eigenvalue weighted by Crippen LogP contribution is -2.45. The first-order valence-corrected chi connectivity index (χ1v) is 25.8. The molecule has 0 bridgehead atoms. The van der Waals surface area contributed by atoms with E-state index in [2.05, 4.69) is 77.9 Å².